The van der Waals surface area contributed by atoms with Crippen LogP contribution in [0.4, 0.5) is 11.4 Å². The molecule has 1 saturated heterocycles. The monoisotopic (exact) mass is 389 g/mol. The third-order valence-electron chi connectivity index (χ3n) is 5.71. The first-order valence-corrected chi connectivity index (χ1v) is 10.1. The lowest BCUT2D eigenvalue weighted by Crippen LogP contribution is -2.52. The van der Waals surface area contributed by atoms with Gasteiger partial charge in [0, 0.05) is 37.3 Å². The van der Waals surface area contributed by atoms with Crippen molar-refractivity contribution in [3.63, 3.8) is 0 Å². The maximum atomic E-state index is 12.9. The summed E-state index contributed by atoms with van der Waals surface area (Å²) in [7, 11) is 1.70. The van der Waals surface area contributed by atoms with E-state index in [4.69, 9.17) is 4.74 Å². The predicted octanol–water partition coefficient (Wildman–Crippen LogP) is 4.00. The van der Waals surface area contributed by atoms with Crippen LogP contribution in [0.15, 0.2) is 66.7 Å². The zero-order valence-corrected chi connectivity index (χ0v) is 17.0. The van der Waals surface area contributed by atoms with Gasteiger partial charge in [-0.1, -0.05) is 48.5 Å². The Morgan fingerprint density at radius 1 is 0.931 bits per heavy atom. The number of rotatable bonds is 5. The van der Waals surface area contributed by atoms with Gasteiger partial charge < -0.3 is 15.0 Å². The molecule has 0 radical (unpaired) electrons. The number of para-hydroxylation sites is 2. The van der Waals surface area contributed by atoms with E-state index in [2.05, 4.69) is 33.3 Å². The van der Waals surface area contributed by atoms with Crippen LogP contribution in [0.25, 0.3) is 10.8 Å². The van der Waals surface area contributed by atoms with E-state index in [1.807, 2.05) is 55.5 Å². The lowest BCUT2D eigenvalue weighted by atomic mass is 10.1. The van der Waals surface area contributed by atoms with Gasteiger partial charge in [-0.15, -0.1) is 0 Å². The molecule has 150 valence electrons. The van der Waals surface area contributed by atoms with E-state index in [1.54, 1.807) is 7.11 Å². The van der Waals surface area contributed by atoms with Gasteiger partial charge in [0.25, 0.3) is 0 Å². The summed E-state index contributed by atoms with van der Waals surface area (Å²) in [6.45, 7) is 5.39. The fraction of sp³-hybridized carbons (Fsp3) is 0.292. The molecule has 5 nitrogen and oxygen atoms in total. The van der Waals surface area contributed by atoms with Crippen molar-refractivity contribution in [3.8, 4) is 5.75 Å². The Morgan fingerprint density at radius 3 is 2.41 bits per heavy atom. The highest BCUT2D eigenvalue weighted by Crippen LogP contribution is 2.29. The molecular weight excluding hydrogens is 362 g/mol. The second-order valence-electron chi connectivity index (χ2n) is 7.39. The summed E-state index contributed by atoms with van der Waals surface area (Å²) >= 11 is 0. The second kappa shape index (κ2) is 8.53. The maximum Gasteiger partial charge on any atom is 0.241 e. The van der Waals surface area contributed by atoms with E-state index in [-0.39, 0.29) is 11.9 Å². The number of ether oxygens (including phenoxy) is 1. The normalized spacial score (nSPS) is 15.9. The molecule has 1 fully saturated rings. The minimum absolute atomic E-state index is 0.0343. The van der Waals surface area contributed by atoms with Crippen molar-refractivity contribution < 1.29 is 9.53 Å². The third kappa shape index (κ3) is 4.05. The van der Waals surface area contributed by atoms with Crippen molar-refractivity contribution >= 4 is 28.1 Å². The molecule has 1 N–H and O–H groups in total. The number of amides is 1. The Bertz CT molecular complexity index is 991. The lowest BCUT2D eigenvalue weighted by molar-refractivity contribution is -0.120. The standard InChI is InChI=1S/C24H27N3O2/c1-18(24(28)25-21-11-7-9-19-8-3-4-10-20(19)21)26-14-16-27(17-15-26)22-12-5-6-13-23(22)29-2/h3-13,18H,14-17H2,1-2H3,(H,25,28). The number of hydrogen-bond acceptors (Lipinski definition) is 4. The number of benzene rings is 3. The molecule has 29 heavy (non-hydrogen) atoms. The fourth-order valence-corrected chi connectivity index (χ4v) is 3.98. The van der Waals surface area contributed by atoms with Crippen LogP contribution in [0.3, 0.4) is 0 Å². The fourth-order valence-electron chi connectivity index (χ4n) is 3.98. The molecule has 0 aliphatic carbocycles. The zero-order chi connectivity index (χ0) is 20.2. The van der Waals surface area contributed by atoms with Gasteiger partial charge in [-0.3, -0.25) is 9.69 Å². The molecule has 1 aliphatic rings. The van der Waals surface area contributed by atoms with Crippen molar-refractivity contribution in [2.45, 2.75) is 13.0 Å². The van der Waals surface area contributed by atoms with E-state index in [0.29, 0.717) is 0 Å². The molecule has 0 bridgehead atoms. The van der Waals surface area contributed by atoms with Crippen LogP contribution in [-0.4, -0.2) is 50.1 Å². The van der Waals surface area contributed by atoms with Crippen molar-refractivity contribution in [1.82, 2.24) is 4.90 Å². The molecule has 1 heterocycles. The molecule has 4 rings (SSSR count). The molecule has 0 aromatic heterocycles. The summed E-state index contributed by atoms with van der Waals surface area (Å²) in [5.74, 6) is 0.926. The first-order chi connectivity index (χ1) is 14.2. The molecule has 0 spiro atoms. The van der Waals surface area contributed by atoms with Gasteiger partial charge in [0.05, 0.1) is 18.8 Å². The van der Waals surface area contributed by atoms with Crippen molar-refractivity contribution in [1.29, 1.82) is 0 Å². The third-order valence-corrected chi connectivity index (χ3v) is 5.71. The van der Waals surface area contributed by atoms with Crippen LogP contribution in [0.1, 0.15) is 6.92 Å². The molecule has 1 aliphatic heterocycles. The highest BCUT2D eigenvalue weighted by Gasteiger charge is 2.26. The molecular formula is C24H27N3O2. The van der Waals surface area contributed by atoms with E-state index in [0.717, 1.165) is 54.1 Å². The second-order valence-corrected chi connectivity index (χ2v) is 7.39. The summed E-state index contributed by atoms with van der Waals surface area (Å²) in [4.78, 5) is 17.5. The Morgan fingerprint density at radius 2 is 1.62 bits per heavy atom. The maximum absolute atomic E-state index is 12.9. The molecule has 3 aromatic rings. The quantitative estimate of drug-likeness (QED) is 0.716. The van der Waals surface area contributed by atoms with Gasteiger partial charge in [-0.05, 0) is 30.5 Å². The topological polar surface area (TPSA) is 44.8 Å². The van der Waals surface area contributed by atoms with Crippen LogP contribution in [0, 0.1) is 0 Å². The summed E-state index contributed by atoms with van der Waals surface area (Å²) in [5, 5.41) is 5.32. The average Bonchev–Trinajstić information content (AvgIpc) is 2.79. The van der Waals surface area contributed by atoms with Gasteiger partial charge in [-0.25, -0.2) is 0 Å². The molecule has 1 amide bonds. The molecule has 1 unspecified atom stereocenters. The van der Waals surface area contributed by atoms with Crippen LogP contribution >= 0.6 is 0 Å². The van der Waals surface area contributed by atoms with Crippen LogP contribution in [0.5, 0.6) is 5.75 Å². The number of anilines is 2. The number of carbonyl (C=O) groups is 1. The van der Waals surface area contributed by atoms with Gasteiger partial charge in [0.15, 0.2) is 0 Å². The summed E-state index contributed by atoms with van der Waals surface area (Å²) < 4.78 is 5.49. The number of carbonyl (C=O) groups excluding carboxylic acids is 1. The van der Waals surface area contributed by atoms with Crippen LogP contribution in [-0.2, 0) is 4.79 Å². The molecule has 5 heteroatoms. The van der Waals surface area contributed by atoms with E-state index >= 15 is 0 Å². The molecule has 0 saturated carbocycles. The smallest absolute Gasteiger partial charge is 0.241 e. The van der Waals surface area contributed by atoms with Gasteiger partial charge in [-0.2, -0.15) is 0 Å². The van der Waals surface area contributed by atoms with Gasteiger partial charge >= 0.3 is 0 Å². The Labute approximate surface area is 171 Å². The first-order valence-electron chi connectivity index (χ1n) is 10.1. The van der Waals surface area contributed by atoms with Crippen LogP contribution in [0.2, 0.25) is 0 Å². The van der Waals surface area contributed by atoms with Gasteiger partial charge in [0.2, 0.25) is 5.91 Å². The number of methoxy groups -OCH3 is 1. The van der Waals surface area contributed by atoms with Crippen molar-refractivity contribution in [2.24, 2.45) is 0 Å². The highest BCUT2D eigenvalue weighted by atomic mass is 16.5. The van der Waals surface area contributed by atoms with Crippen LogP contribution < -0.4 is 15.0 Å². The minimum atomic E-state index is -0.186. The Hall–Kier alpha value is -3.05. The summed E-state index contributed by atoms with van der Waals surface area (Å²) in [6.07, 6.45) is 0. The summed E-state index contributed by atoms with van der Waals surface area (Å²) in [6, 6.07) is 22.0. The van der Waals surface area contributed by atoms with E-state index in [9.17, 15) is 4.79 Å². The Kier molecular flexibility index (Phi) is 5.67. The summed E-state index contributed by atoms with van der Waals surface area (Å²) in [5.41, 5.74) is 1.98. The van der Waals surface area contributed by atoms with E-state index < -0.39 is 0 Å². The van der Waals surface area contributed by atoms with E-state index in [1.165, 1.54) is 0 Å². The Balaban J connectivity index is 1.40. The number of nitrogens with zero attached hydrogens (tertiary/aromatic N) is 2. The van der Waals surface area contributed by atoms with Crippen molar-refractivity contribution in [2.75, 3.05) is 43.5 Å². The lowest BCUT2D eigenvalue weighted by Gasteiger charge is -2.38. The molecule has 1 atom stereocenters. The highest BCUT2D eigenvalue weighted by molar-refractivity contribution is 6.03. The largest absolute Gasteiger partial charge is 0.495 e. The molecule has 3 aromatic carbocycles. The average molecular weight is 389 g/mol. The zero-order valence-electron chi connectivity index (χ0n) is 17.0. The van der Waals surface area contributed by atoms with Crippen molar-refractivity contribution in [3.05, 3.63) is 66.7 Å². The minimum Gasteiger partial charge on any atom is -0.495 e. The first kappa shape index (κ1) is 19.3. The number of hydrogen-bond donors (Lipinski definition) is 1. The number of nitrogens with one attached hydrogen (secondary N) is 1. The SMILES string of the molecule is COc1ccccc1N1CCN(C(C)C(=O)Nc2cccc3ccccc23)CC1. The number of piperazine rings is 1. The predicted molar refractivity (Wildman–Crippen MR) is 119 cm³/mol. The number of fused-ring (bicyclic) bond motifs is 1. The van der Waals surface area contributed by atoms with Gasteiger partial charge in [0.1, 0.15) is 5.75 Å².